The largest absolute Gasteiger partial charge is 1.00 e. The van der Waals surface area contributed by atoms with Crippen molar-refractivity contribution in [1.29, 1.82) is 0 Å². The van der Waals surface area contributed by atoms with Gasteiger partial charge in [-0.1, -0.05) is 0 Å². The number of hydrogen-bond acceptors (Lipinski definition) is 1. The van der Waals surface area contributed by atoms with E-state index in [-0.39, 0.29) is 30.7 Å². The summed E-state index contributed by atoms with van der Waals surface area (Å²) in [6.07, 6.45) is 5.80. The summed E-state index contributed by atoms with van der Waals surface area (Å²) in [5.74, 6) is 0.998. The van der Waals surface area contributed by atoms with Gasteiger partial charge in [0.05, 0.1) is 0 Å². The number of carbonyl (C=O) groups excluding carboxylic acids is 1. The minimum Gasteiger partial charge on any atom is -1.00 e. The summed E-state index contributed by atoms with van der Waals surface area (Å²) in [7, 11) is 0. The van der Waals surface area contributed by atoms with Crippen LogP contribution in [0.1, 0.15) is 59.8 Å². The van der Waals surface area contributed by atoms with E-state index in [0.29, 0.717) is 11.8 Å². The summed E-state index contributed by atoms with van der Waals surface area (Å²) >= 11 is -2.17. The second-order valence-electron chi connectivity index (χ2n) is 9.56. The first-order valence-electron chi connectivity index (χ1n) is 12.2. The van der Waals surface area contributed by atoms with Gasteiger partial charge in [-0.3, -0.25) is 0 Å². The van der Waals surface area contributed by atoms with E-state index in [4.69, 9.17) is 0 Å². The minimum absolute atomic E-state index is 0. The Hall–Kier alpha value is -1.10. The zero-order valence-electron chi connectivity index (χ0n) is 20.7. The van der Waals surface area contributed by atoms with Gasteiger partial charge in [0.1, 0.15) is 0 Å². The van der Waals surface area contributed by atoms with Crippen LogP contribution in [0.5, 0.6) is 0 Å². The number of hydrogen-bond donors (Lipinski definition) is 1. The van der Waals surface area contributed by atoms with Crippen molar-refractivity contribution in [2.45, 2.75) is 59.8 Å². The van der Waals surface area contributed by atoms with Crippen LogP contribution in [-0.2, 0) is 22.2 Å². The van der Waals surface area contributed by atoms with Crippen LogP contribution < -0.4 is 39.0 Å². The maximum absolute atomic E-state index is 13.6. The number of allylic oxidation sites excluding steroid dienone is 4. The Labute approximate surface area is 225 Å². The van der Waals surface area contributed by atoms with E-state index in [0.717, 1.165) is 12.8 Å². The second kappa shape index (κ2) is 13.3. The molecule has 1 unspecified atom stereocenters. The molecule has 0 bridgehead atoms. The Morgan fingerprint density at radius 2 is 1.32 bits per heavy atom. The maximum atomic E-state index is 13.6. The molecular weight excluding hydrogens is 513 g/mol. The molecule has 0 spiro atoms. The average Bonchev–Trinajstić information content (AvgIpc) is 3.03. The first-order chi connectivity index (χ1) is 15.5. The summed E-state index contributed by atoms with van der Waals surface area (Å²) in [5.41, 5.74) is 4.39. The molecule has 1 N–H and O–H groups in total. The van der Waals surface area contributed by atoms with Crippen molar-refractivity contribution in [2.75, 3.05) is 0 Å². The van der Waals surface area contributed by atoms with Gasteiger partial charge < -0.3 is 24.8 Å². The zero-order chi connectivity index (χ0) is 22.7. The predicted octanol–water partition coefficient (Wildman–Crippen LogP) is -0.978. The third-order valence-electron chi connectivity index (χ3n) is 7.72. The fourth-order valence-corrected chi connectivity index (χ4v) is 20.7. The molecule has 0 aliphatic heterocycles. The van der Waals surface area contributed by atoms with Crippen molar-refractivity contribution in [1.82, 2.24) is 3.80 Å². The zero-order valence-corrected chi connectivity index (χ0v) is 24.9. The molecule has 0 radical (unpaired) electrons. The molecular formula is C28H36Cl2NOSiTi. The Bertz CT molecular complexity index is 980. The number of carbonyl (C=O) groups is 1. The van der Waals surface area contributed by atoms with Gasteiger partial charge in [-0.25, -0.2) is 0 Å². The van der Waals surface area contributed by atoms with Gasteiger partial charge in [-0.15, -0.1) is 0 Å². The molecule has 34 heavy (non-hydrogen) atoms. The molecule has 2 aliphatic carbocycles. The molecule has 4 rings (SSSR count). The molecule has 1 saturated carbocycles. The van der Waals surface area contributed by atoms with Crippen molar-refractivity contribution < 1.29 is 47.0 Å². The molecule has 2 aliphatic rings. The van der Waals surface area contributed by atoms with E-state index < -0.39 is 24.0 Å². The Kier molecular flexibility index (Phi) is 11.4. The van der Waals surface area contributed by atoms with Crippen LogP contribution in [0.25, 0.3) is 0 Å². The normalized spacial score (nSPS) is 18.4. The average molecular weight is 549 g/mol. The summed E-state index contributed by atoms with van der Waals surface area (Å²) in [4.78, 5) is 13.6. The van der Waals surface area contributed by atoms with Gasteiger partial charge in [0.25, 0.3) is 0 Å². The van der Waals surface area contributed by atoms with Crippen LogP contribution in [0.2, 0.25) is 0 Å². The van der Waals surface area contributed by atoms with E-state index in [2.05, 4.69) is 92.2 Å². The molecule has 1 amide bonds. The Balaban J connectivity index is 0.00000204. The first kappa shape index (κ1) is 29.1. The standard InChI is InChI=1S/C12H11Si.C9H13.C7H13NO.2ClH.Ti/c1-3-7-11(8-4-1)13-12-9-5-2-6-10-12;1-6-5-7(2)9(4)8(6)3;8-7(9)6-4-2-1-3-5-6;;;/h1-10,13H;6H,1-4H3;6H,1-5H2,(H2,8,9);2*1H;/q;;;;;+3/p-3. The summed E-state index contributed by atoms with van der Waals surface area (Å²) in [5, 5.41) is 2.93. The SMILES string of the molecule is CC1=C(C)C(C)[C]([Ti+2]([NH]C(=O)C2CCCCC2)[SiH](c2ccccc2)c2ccccc2)=C1C.[Cl-].[Cl-]. The third kappa shape index (κ3) is 6.17. The second-order valence-corrected chi connectivity index (χ2v) is 19.4. The van der Waals surface area contributed by atoms with Crippen LogP contribution in [0, 0.1) is 11.8 Å². The van der Waals surface area contributed by atoms with Gasteiger partial charge in [0.2, 0.25) is 0 Å². The van der Waals surface area contributed by atoms with Crippen molar-refractivity contribution in [3.63, 3.8) is 0 Å². The van der Waals surface area contributed by atoms with Gasteiger partial charge in [-0.2, -0.15) is 0 Å². The quantitative estimate of drug-likeness (QED) is 0.462. The van der Waals surface area contributed by atoms with Gasteiger partial charge in [0, 0.05) is 0 Å². The van der Waals surface area contributed by atoms with Crippen molar-refractivity contribution >= 4 is 22.9 Å². The summed E-state index contributed by atoms with van der Waals surface area (Å²) in [6, 6.07) is 22.2. The summed E-state index contributed by atoms with van der Waals surface area (Å²) < 4.78 is 5.44. The molecule has 181 valence electrons. The number of nitrogens with one attached hydrogen (secondary N) is 1. The van der Waals surface area contributed by atoms with Crippen LogP contribution in [0.3, 0.4) is 0 Å². The summed E-state index contributed by atoms with van der Waals surface area (Å²) in [6.45, 7) is 7.62. The minimum atomic E-state index is -2.17. The Morgan fingerprint density at radius 3 is 1.76 bits per heavy atom. The van der Waals surface area contributed by atoms with Crippen LogP contribution in [0.15, 0.2) is 81.3 Å². The fourth-order valence-electron chi connectivity index (χ4n) is 5.51. The maximum Gasteiger partial charge on any atom is -1.00 e. The van der Waals surface area contributed by atoms with E-state index in [1.165, 1.54) is 46.4 Å². The van der Waals surface area contributed by atoms with Crippen LogP contribution in [0.4, 0.5) is 0 Å². The molecule has 2 aromatic carbocycles. The number of benzene rings is 2. The van der Waals surface area contributed by atoms with Gasteiger partial charge in [-0.05, 0) is 0 Å². The van der Waals surface area contributed by atoms with E-state index >= 15 is 0 Å². The van der Waals surface area contributed by atoms with Crippen molar-refractivity contribution in [3.05, 3.63) is 81.3 Å². The monoisotopic (exact) mass is 548 g/mol. The predicted molar refractivity (Wildman–Crippen MR) is 134 cm³/mol. The molecule has 2 nitrogen and oxygen atoms in total. The van der Waals surface area contributed by atoms with E-state index in [1.54, 1.807) is 3.88 Å². The van der Waals surface area contributed by atoms with Gasteiger partial charge in [0.15, 0.2) is 0 Å². The first-order valence-corrected chi connectivity index (χ1v) is 18.1. The van der Waals surface area contributed by atoms with Crippen LogP contribution >= 0.6 is 0 Å². The molecule has 0 saturated heterocycles. The fraction of sp³-hybridized carbons (Fsp3) is 0.393. The molecule has 1 atom stereocenters. The molecule has 1 fully saturated rings. The van der Waals surface area contributed by atoms with Crippen LogP contribution in [-0.4, -0.2) is 12.6 Å². The smallest absolute Gasteiger partial charge is 1.00 e. The van der Waals surface area contributed by atoms with Crippen molar-refractivity contribution in [3.8, 4) is 0 Å². The van der Waals surface area contributed by atoms with E-state index in [9.17, 15) is 4.79 Å². The Morgan fingerprint density at radius 1 is 0.824 bits per heavy atom. The third-order valence-corrected chi connectivity index (χ3v) is 21.1. The number of halogens is 2. The topological polar surface area (TPSA) is 29.1 Å². The molecule has 6 heteroatoms. The van der Waals surface area contributed by atoms with E-state index in [1.807, 2.05) is 0 Å². The van der Waals surface area contributed by atoms with Gasteiger partial charge >= 0.3 is 202 Å². The molecule has 2 aromatic rings. The molecule has 0 aromatic heterocycles. The number of amides is 1. The molecule has 0 heterocycles. The number of rotatable bonds is 6. The van der Waals surface area contributed by atoms with Crippen molar-refractivity contribution in [2.24, 2.45) is 11.8 Å².